The zero-order valence-electron chi connectivity index (χ0n) is 11.7. The molecule has 2 heterocycles. The van der Waals surface area contributed by atoms with E-state index in [1.165, 1.54) is 0 Å². The van der Waals surface area contributed by atoms with E-state index in [4.69, 9.17) is 4.74 Å². The van der Waals surface area contributed by atoms with Crippen molar-refractivity contribution in [2.24, 2.45) is 0 Å². The second-order valence-electron chi connectivity index (χ2n) is 4.52. The monoisotopic (exact) mass is 280 g/mol. The number of nitrogens with one attached hydrogen (secondary N) is 1. The van der Waals surface area contributed by atoms with E-state index < -0.39 is 0 Å². The quantitative estimate of drug-likeness (QED) is 0.780. The zero-order chi connectivity index (χ0) is 14.5. The third kappa shape index (κ3) is 3.02. The van der Waals surface area contributed by atoms with Crippen LogP contribution < -0.4 is 10.2 Å². The predicted octanol–water partition coefficient (Wildman–Crippen LogP) is 2.70. The van der Waals surface area contributed by atoms with Crippen LogP contribution in [0.4, 0.5) is 0 Å². The van der Waals surface area contributed by atoms with Gasteiger partial charge in [0.15, 0.2) is 5.82 Å². The molecule has 21 heavy (non-hydrogen) atoms. The molecule has 1 N–H and O–H groups in total. The van der Waals surface area contributed by atoms with E-state index in [1.54, 1.807) is 18.6 Å². The average Bonchev–Trinajstić information content (AvgIpc) is 3.03. The second-order valence-corrected chi connectivity index (χ2v) is 4.52. The molecular weight excluding hydrogens is 264 g/mol. The summed E-state index contributed by atoms with van der Waals surface area (Å²) in [7, 11) is 1.86. The summed E-state index contributed by atoms with van der Waals surface area (Å²) in [6.07, 6.45) is 7.20. The van der Waals surface area contributed by atoms with Crippen LogP contribution in [-0.2, 0) is 6.61 Å². The first-order valence-corrected chi connectivity index (χ1v) is 6.70. The first-order chi connectivity index (χ1) is 10.4. The largest absolute Gasteiger partial charge is 0.489 e. The second kappa shape index (κ2) is 6.09. The molecule has 0 fully saturated rings. The van der Waals surface area contributed by atoms with Crippen molar-refractivity contribution >= 4 is 0 Å². The molecule has 0 amide bonds. The van der Waals surface area contributed by atoms with Gasteiger partial charge >= 0.3 is 0 Å². The summed E-state index contributed by atoms with van der Waals surface area (Å²) in [5.41, 5.74) is 5.13. The Bertz CT molecular complexity index is 692. The zero-order valence-corrected chi connectivity index (χ0v) is 11.7. The highest BCUT2D eigenvalue weighted by Crippen LogP contribution is 2.21. The van der Waals surface area contributed by atoms with Gasteiger partial charge in [-0.2, -0.15) is 0 Å². The van der Waals surface area contributed by atoms with E-state index in [1.807, 2.05) is 54.3 Å². The molecule has 0 spiro atoms. The van der Waals surface area contributed by atoms with E-state index >= 15 is 0 Å². The minimum Gasteiger partial charge on any atom is -0.489 e. The minimum atomic E-state index is 0.512. The van der Waals surface area contributed by atoms with Crippen molar-refractivity contribution in [3.05, 3.63) is 66.7 Å². The van der Waals surface area contributed by atoms with Crippen molar-refractivity contribution in [2.75, 3.05) is 12.5 Å². The van der Waals surface area contributed by atoms with E-state index in [9.17, 15) is 0 Å². The number of aromatic nitrogens is 3. The van der Waals surface area contributed by atoms with Crippen molar-refractivity contribution in [3.63, 3.8) is 0 Å². The molecule has 0 saturated heterocycles. The van der Waals surface area contributed by atoms with Gasteiger partial charge < -0.3 is 10.2 Å². The fourth-order valence-electron chi connectivity index (χ4n) is 2.05. The molecule has 106 valence electrons. The predicted molar refractivity (Wildman–Crippen MR) is 81.5 cm³/mol. The van der Waals surface area contributed by atoms with E-state index in [2.05, 4.69) is 15.4 Å². The average molecular weight is 280 g/mol. The van der Waals surface area contributed by atoms with Crippen LogP contribution in [0.3, 0.4) is 0 Å². The molecule has 5 nitrogen and oxygen atoms in total. The van der Waals surface area contributed by atoms with E-state index in [0.717, 1.165) is 22.7 Å². The number of ether oxygens (including phenoxy) is 1. The van der Waals surface area contributed by atoms with Crippen LogP contribution in [0.25, 0.3) is 11.4 Å². The topological polar surface area (TPSA) is 52.0 Å². The van der Waals surface area contributed by atoms with Gasteiger partial charge in [-0.15, -0.1) is 0 Å². The molecule has 0 saturated carbocycles. The molecule has 0 aliphatic carbocycles. The molecule has 5 heteroatoms. The van der Waals surface area contributed by atoms with Crippen LogP contribution >= 0.6 is 0 Å². The smallest absolute Gasteiger partial charge is 0.158 e. The van der Waals surface area contributed by atoms with Crippen molar-refractivity contribution in [1.29, 1.82) is 0 Å². The first-order valence-electron chi connectivity index (χ1n) is 6.70. The Morgan fingerprint density at radius 1 is 1.14 bits per heavy atom. The highest BCUT2D eigenvalue weighted by Gasteiger charge is 2.05. The van der Waals surface area contributed by atoms with Crippen molar-refractivity contribution < 1.29 is 4.74 Å². The minimum absolute atomic E-state index is 0.512. The first kappa shape index (κ1) is 13.2. The molecule has 3 rings (SSSR count). The van der Waals surface area contributed by atoms with Crippen LogP contribution in [0.2, 0.25) is 0 Å². The molecule has 0 aliphatic heterocycles. The van der Waals surface area contributed by atoms with Crippen LogP contribution in [0.5, 0.6) is 5.75 Å². The molecule has 1 aromatic carbocycles. The number of hydrogen-bond acceptors (Lipinski definition) is 4. The maximum Gasteiger partial charge on any atom is 0.158 e. The Labute approximate surface area is 123 Å². The number of rotatable bonds is 5. The summed E-state index contributed by atoms with van der Waals surface area (Å²) in [5, 5.41) is 0. The molecule has 0 bridgehead atoms. The third-order valence-corrected chi connectivity index (χ3v) is 3.12. The Morgan fingerprint density at radius 3 is 2.71 bits per heavy atom. The summed E-state index contributed by atoms with van der Waals surface area (Å²) < 4.78 is 7.60. The lowest BCUT2D eigenvalue weighted by Gasteiger charge is -2.08. The molecule has 0 atom stereocenters. The van der Waals surface area contributed by atoms with Gasteiger partial charge in [0.25, 0.3) is 0 Å². The van der Waals surface area contributed by atoms with Crippen molar-refractivity contribution in [2.45, 2.75) is 6.61 Å². The Balaban J connectivity index is 1.70. The molecule has 0 unspecified atom stereocenters. The summed E-state index contributed by atoms with van der Waals surface area (Å²) in [5.74, 6) is 1.70. The molecular formula is C16H16N4O. The highest BCUT2D eigenvalue weighted by molar-refractivity contribution is 5.57. The number of imidazole rings is 1. The van der Waals surface area contributed by atoms with Gasteiger partial charge in [-0.25, -0.2) is 9.66 Å². The van der Waals surface area contributed by atoms with Gasteiger partial charge in [0, 0.05) is 43.0 Å². The van der Waals surface area contributed by atoms with Gasteiger partial charge in [-0.3, -0.25) is 4.98 Å². The number of benzene rings is 1. The van der Waals surface area contributed by atoms with Crippen LogP contribution in [0.15, 0.2) is 61.2 Å². The van der Waals surface area contributed by atoms with Gasteiger partial charge in [0.1, 0.15) is 12.4 Å². The molecule has 0 radical (unpaired) electrons. The van der Waals surface area contributed by atoms with Gasteiger partial charge in [0.2, 0.25) is 0 Å². The summed E-state index contributed by atoms with van der Waals surface area (Å²) in [4.78, 5) is 8.40. The fraction of sp³-hybridized carbons (Fsp3) is 0.125. The molecule has 0 aliphatic rings. The van der Waals surface area contributed by atoms with Crippen LogP contribution in [-0.4, -0.2) is 21.7 Å². The standard InChI is InChI=1S/C16H16N4O/c1-17-20-10-9-19-16(20)14-4-6-15(7-5-14)21-12-13-3-2-8-18-11-13/h2-11,17H,12H2,1H3. The normalized spacial score (nSPS) is 10.3. The third-order valence-electron chi connectivity index (χ3n) is 3.12. The van der Waals surface area contributed by atoms with Crippen LogP contribution in [0.1, 0.15) is 5.56 Å². The van der Waals surface area contributed by atoms with Gasteiger partial charge in [-0.1, -0.05) is 6.07 Å². The number of pyridine rings is 1. The van der Waals surface area contributed by atoms with Crippen LogP contribution in [0, 0.1) is 0 Å². The lowest BCUT2D eigenvalue weighted by molar-refractivity contribution is 0.306. The van der Waals surface area contributed by atoms with Crippen molar-refractivity contribution in [1.82, 2.24) is 14.6 Å². The Kier molecular flexibility index (Phi) is 3.82. The Morgan fingerprint density at radius 2 is 2.00 bits per heavy atom. The summed E-state index contributed by atoms with van der Waals surface area (Å²) in [6, 6.07) is 11.8. The summed E-state index contributed by atoms with van der Waals surface area (Å²) >= 11 is 0. The van der Waals surface area contributed by atoms with Gasteiger partial charge in [0.05, 0.1) is 0 Å². The van der Waals surface area contributed by atoms with E-state index in [-0.39, 0.29) is 0 Å². The summed E-state index contributed by atoms with van der Waals surface area (Å²) in [6.45, 7) is 0.512. The van der Waals surface area contributed by atoms with Gasteiger partial charge in [-0.05, 0) is 30.3 Å². The molecule has 2 aromatic heterocycles. The van der Waals surface area contributed by atoms with Crippen molar-refractivity contribution in [3.8, 4) is 17.1 Å². The highest BCUT2D eigenvalue weighted by atomic mass is 16.5. The lowest BCUT2D eigenvalue weighted by atomic mass is 10.2. The fourth-order valence-corrected chi connectivity index (χ4v) is 2.05. The Hall–Kier alpha value is -2.82. The maximum atomic E-state index is 5.74. The van der Waals surface area contributed by atoms with E-state index in [0.29, 0.717) is 6.61 Å². The molecule has 3 aromatic rings. The number of hydrogen-bond donors (Lipinski definition) is 1. The SMILES string of the molecule is CNn1ccnc1-c1ccc(OCc2cccnc2)cc1. The number of nitrogens with zero attached hydrogens (tertiary/aromatic N) is 3. The maximum absolute atomic E-state index is 5.74. The lowest BCUT2D eigenvalue weighted by Crippen LogP contribution is -2.08.